The minimum atomic E-state index is -1.18. The molecule has 96 valence electrons. The lowest BCUT2D eigenvalue weighted by molar-refractivity contribution is 0.131. The minimum absolute atomic E-state index is 0.624. The van der Waals surface area contributed by atoms with E-state index in [4.69, 9.17) is 11.6 Å². The maximum atomic E-state index is 11.1. The average Bonchev–Trinajstić information content (AvgIpc) is 2.56. The molecule has 0 fully saturated rings. The largest absolute Gasteiger partial charge is 0.377 e. The van der Waals surface area contributed by atoms with Crippen LogP contribution in [-0.2, 0) is 11.4 Å². The molecule has 1 N–H and O–H groups in total. The third kappa shape index (κ3) is 2.00. The van der Waals surface area contributed by atoms with Crippen LogP contribution in [0.5, 0.6) is 0 Å². The molecular weight excluding hydrogens is 276 g/mol. The fourth-order valence-electron chi connectivity index (χ4n) is 2.46. The Hall–Kier alpha value is -1.22. The number of hydrogen-bond acceptors (Lipinski definition) is 2. The van der Waals surface area contributed by atoms with Gasteiger partial charge in [0.25, 0.3) is 0 Å². The van der Waals surface area contributed by atoms with Gasteiger partial charge in [0.1, 0.15) is 5.60 Å². The van der Waals surface area contributed by atoms with Gasteiger partial charge in [0.05, 0.1) is 0 Å². The zero-order valence-corrected chi connectivity index (χ0v) is 11.8. The zero-order chi connectivity index (χ0) is 13.5. The summed E-state index contributed by atoms with van der Waals surface area (Å²) < 4.78 is 0. The standard InChI is InChI=1S/C16H13ClOS/c1-2-16(18)13-6-4-3-5-11(13)10-19-15-8-7-12(17)9-14(15)16/h2-9,18H,1,10H2/t16-/m0/s1. The van der Waals surface area contributed by atoms with Crippen molar-refractivity contribution < 1.29 is 5.11 Å². The third-order valence-corrected chi connectivity index (χ3v) is 4.82. The van der Waals surface area contributed by atoms with Gasteiger partial charge in [0.2, 0.25) is 0 Å². The Morgan fingerprint density at radius 3 is 2.79 bits per heavy atom. The van der Waals surface area contributed by atoms with E-state index in [1.54, 1.807) is 17.8 Å². The molecule has 0 aromatic heterocycles. The summed E-state index contributed by atoms with van der Waals surface area (Å²) >= 11 is 7.80. The number of halogens is 1. The molecule has 0 aliphatic carbocycles. The molecule has 0 saturated carbocycles. The van der Waals surface area contributed by atoms with Gasteiger partial charge >= 0.3 is 0 Å². The van der Waals surface area contributed by atoms with E-state index in [1.165, 1.54) is 0 Å². The zero-order valence-electron chi connectivity index (χ0n) is 10.3. The van der Waals surface area contributed by atoms with Crippen molar-refractivity contribution in [2.24, 2.45) is 0 Å². The quantitative estimate of drug-likeness (QED) is 0.787. The van der Waals surface area contributed by atoms with Gasteiger partial charge in [-0.25, -0.2) is 0 Å². The van der Waals surface area contributed by atoms with Gasteiger partial charge in [0, 0.05) is 21.2 Å². The fourth-order valence-corrected chi connectivity index (χ4v) is 3.73. The van der Waals surface area contributed by atoms with Crippen LogP contribution in [0.1, 0.15) is 16.7 Å². The monoisotopic (exact) mass is 288 g/mol. The number of thioether (sulfide) groups is 1. The number of aliphatic hydroxyl groups is 1. The Labute approximate surface area is 121 Å². The van der Waals surface area contributed by atoms with Crippen molar-refractivity contribution in [2.75, 3.05) is 0 Å². The second kappa shape index (κ2) is 4.71. The van der Waals surface area contributed by atoms with Crippen LogP contribution in [0.25, 0.3) is 0 Å². The molecular formula is C16H13ClOS. The second-order valence-corrected chi connectivity index (χ2v) is 6.01. The van der Waals surface area contributed by atoms with Crippen LogP contribution in [0.3, 0.4) is 0 Å². The van der Waals surface area contributed by atoms with Crippen molar-refractivity contribution in [3.05, 3.63) is 76.8 Å². The molecule has 2 aromatic carbocycles. The van der Waals surface area contributed by atoms with Gasteiger partial charge in [0.15, 0.2) is 0 Å². The van der Waals surface area contributed by atoms with Crippen LogP contribution >= 0.6 is 23.4 Å². The molecule has 1 aliphatic rings. The summed E-state index contributed by atoms with van der Waals surface area (Å²) in [7, 11) is 0. The van der Waals surface area contributed by atoms with Crippen molar-refractivity contribution >= 4 is 23.4 Å². The fraction of sp³-hybridized carbons (Fsp3) is 0.125. The summed E-state index contributed by atoms with van der Waals surface area (Å²) in [5, 5.41) is 11.7. The molecule has 0 radical (unpaired) electrons. The molecule has 3 heteroatoms. The van der Waals surface area contributed by atoms with Crippen LogP contribution in [0, 0.1) is 0 Å². The maximum Gasteiger partial charge on any atom is 0.134 e. The van der Waals surface area contributed by atoms with E-state index in [0.29, 0.717) is 5.02 Å². The van der Waals surface area contributed by atoms with E-state index in [9.17, 15) is 5.11 Å². The van der Waals surface area contributed by atoms with Crippen molar-refractivity contribution in [1.82, 2.24) is 0 Å². The predicted molar refractivity (Wildman–Crippen MR) is 80.7 cm³/mol. The van der Waals surface area contributed by atoms with Gasteiger partial charge in [-0.05, 0) is 29.3 Å². The Bertz CT molecular complexity index is 653. The molecule has 1 aliphatic heterocycles. The number of fused-ring (bicyclic) bond motifs is 2. The summed E-state index contributed by atoms with van der Waals surface area (Å²) in [4.78, 5) is 1.04. The van der Waals surface area contributed by atoms with Gasteiger partial charge in [-0.15, -0.1) is 11.8 Å². The molecule has 0 spiro atoms. The highest BCUT2D eigenvalue weighted by Crippen LogP contribution is 2.44. The smallest absolute Gasteiger partial charge is 0.134 e. The van der Waals surface area contributed by atoms with Crippen molar-refractivity contribution in [3.63, 3.8) is 0 Å². The summed E-state index contributed by atoms with van der Waals surface area (Å²) in [6.45, 7) is 3.82. The first-order chi connectivity index (χ1) is 9.15. The van der Waals surface area contributed by atoms with Gasteiger partial charge < -0.3 is 5.11 Å². The van der Waals surface area contributed by atoms with E-state index in [1.807, 2.05) is 42.5 Å². The highest BCUT2D eigenvalue weighted by molar-refractivity contribution is 7.98. The molecule has 2 aromatic rings. The van der Waals surface area contributed by atoms with Gasteiger partial charge in [-0.2, -0.15) is 0 Å². The van der Waals surface area contributed by atoms with Crippen LogP contribution in [-0.4, -0.2) is 5.11 Å². The highest BCUT2D eigenvalue weighted by atomic mass is 35.5. The molecule has 0 amide bonds. The molecule has 3 rings (SSSR count). The molecule has 19 heavy (non-hydrogen) atoms. The van der Waals surface area contributed by atoms with Gasteiger partial charge in [-0.3, -0.25) is 0 Å². The van der Waals surface area contributed by atoms with Crippen molar-refractivity contribution in [3.8, 4) is 0 Å². The lowest BCUT2D eigenvalue weighted by atomic mass is 9.84. The Balaban J connectivity index is 2.32. The normalized spacial score (nSPS) is 21.2. The SMILES string of the molecule is C=C[C@]1(O)c2ccccc2CSc2ccc(Cl)cc21. The summed E-state index contributed by atoms with van der Waals surface area (Å²) in [6, 6.07) is 13.6. The topological polar surface area (TPSA) is 20.2 Å². The van der Waals surface area contributed by atoms with E-state index < -0.39 is 5.60 Å². The Morgan fingerprint density at radius 2 is 2.00 bits per heavy atom. The van der Waals surface area contributed by atoms with E-state index in [0.717, 1.165) is 27.3 Å². The summed E-state index contributed by atoms with van der Waals surface area (Å²) in [5.74, 6) is 0.834. The molecule has 0 bridgehead atoms. The average molecular weight is 289 g/mol. The van der Waals surface area contributed by atoms with E-state index >= 15 is 0 Å². The van der Waals surface area contributed by atoms with Crippen LogP contribution < -0.4 is 0 Å². The lowest BCUT2D eigenvalue weighted by Gasteiger charge is -2.27. The highest BCUT2D eigenvalue weighted by Gasteiger charge is 2.34. The van der Waals surface area contributed by atoms with Crippen LogP contribution in [0.15, 0.2) is 60.0 Å². The molecule has 0 saturated heterocycles. The van der Waals surface area contributed by atoms with Crippen LogP contribution in [0.4, 0.5) is 0 Å². The first kappa shape index (κ1) is 12.8. The second-order valence-electron chi connectivity index (χ2n) is 4.56. The first-order valence-electron chi connectivity index (χ1n) is 6.02. The molecule has 0 unspecified atom stereocenters. The van der Waals surface area contributed by atoms with Crippen molar-refractivity contribution in [1.29, 1.82) is 0 Å². The van der Waals surface area contributed by atoms with E-state index in [2.05, 4.69) is 6.58 Å². The van der Waals surface area contributed by atoms with Crippen LogP contribution in [0.2, 0.25) is 5.02 Å². The molecule has 1 atom stereocenters. The molecule has 1 heterocycles. The maximum absolute atomic E-state index is 11.1. The molecule has 1 nitrogen and oxygen atoms in total. The number of benzene rings is 2. The van der Waals surface area contributed by atoms with Gasteiger partial charge in [-0.1, -0.05) is 48.5 Å². The minimum Gasteiger partial charge on any atom is -0.377 e. The van der Waals surface area contributed by atoms with Crippen molar-refractivity contribution in [2.45, 2.75) is 16.2 Å². The third-order valence-electron chi connectivity index (χ3n) is 3.46. The summed E-state index contributed by atoms with van der Waals surface area (Å²) in [6.07, 6.45) is 1.59. The Kier molecular flexibility index (Phi) is 3.17. The van der Waals surface area contributed by atoms with E-state index in [-0.39, 0.29) is 0 Å². The number of rotatable bonds is 1. The summed E-state index contributed by atoms with van der Waals surface area (Å²) in [5.41, 5.74) is 1.64. The predicted octanol–water partition coefficient (Wildman–Crippen LogP) is 4.37. The first-order valence-corrected chi connectivity index (χ1v) is 7.38. The Morgan fingerprint density at radius 1 is 1.21 bits per heavy atom. The number of hydrogen-bond donors (Lipinski definition) is 1. The lowest BCUT2D eigenvalue weighted by Crippen LogP contribution is -2.25.